The number of carbonyl (C=O) groups is 1. The van der Waals surface area contributed by atoms with E-state index in [1.54, 1.807) is 6.20 Å². The summed E-state index contributed by atoms with van der Waals surface area (Å²) in [7, 11) is 0. The van der Waals surface area contributed by atoms with Crippen LogP contribution in [0.2, 0.25) is 0 Å². The monoisotopic (exact) mass is 342 g/mol. The van der Waals surface area contributed by atoms with Crippen molar-refractivity contribution in [2.75, 3.05) is 5.75 Å². The first-order valence-electron chi connectivity index (χ1n) is 8.26. The first kappa shape index (κ1) is 17.0. The number of pyridine rings is 1. The lowest BCUT2D eigenvalue weighted by atomic mass is 9.76. The lowest BCUT2D eigenvalue weighted by Crippen LogP contribution is -2.48. The van der Waals surface area contributed by atoms with Gasteiger partial charge in [-0.1, -0.05) is 24.3 Å². The van der Waals surface area contributed by atoms with Crippen LogP contribution in [0.5, 0.6) is 0 Å². The number of hydrogen-bond acceptors (Lipinski definition) is 4. The number of carbonyl (C=O) groups excluding carboxylic acids is 1. The number of thioether (sulfide) groups is 1. The fraction of sp³-hybridized carbons (Fsp3) is 0.368. The smallest absolute Gasteiger partial charge is 0.230 e. The lowest BCUT2D eigenvalue weighted by Gasteiger charge is -2.38. The molecular weight excluding hydrogens is 320 g/mol. The summed E-state index contributed by atoms with van der Waals surface area (Å²) >= 11 is 1.54. The summed E-state index contributed by atoms with van der Waals surface area (Å²) in [6, 6.07) is 15.8. The molecule has 24 heavy (non-hydrogen) atoms. The van der Waals surface area contributed by atoms with Gasteiger partial charge in [-0.05, 0) is 43.0 Å². The highest BCUT2D eigenvalue weighted by atomic mass is 32.2. The lowest BCUT2D eigenvalue weighted by molar-refractivity contribution is -0.120. The molecule has 1 fully saturated rings. The van der Waals surface area contributed by atoms with Crippen LogP contribution in [-0.4, -0.2) is 33.9 Å². The maximum Gasteiger partial charge on any atom is 0.230 e. The van der Waals surface area contributed by atoms with Gasteiger partial charge in [-0.2, -0.15) is 0 Å². The van der Waals surface area contributed by atoms with Crippen LogP contribution in [0.15, 0.2) is 59.6 Å². The van der Waals surface area contributed by atoms with Crippen molar-refractivity contribution in [3.8, 4) is 0 Å². The van der Waals surface area contributed by atoms with Crippen LogP contribution in [0.25, 0.3) is 0 Å². The van der Waals surface area contributed by atoms with Gasteiger partial charge in [0.15, 0.2) is 0 Å². The average molecular weight is 342 g/mol. The van der Waals surface area contributed by atoms with Gasteiger partial charge >= 0.3 is 0 Å². The molecule has 5 heteroatoms. The Morgan fingerprint density at radius 3 is 2.62 bits per heavy atom. The van der Waals surface area contributed by atoms with Crippen molar-refractivity contribution < 1.29 is 9.90 Å². The van der Waals surface area contributed by atoms with Gasteiger partial charge in [-0.3, -0.25) is 9.78 Å². The van der Waals surface area contributed by atoms with Gasteiger partial charge in [0.1, 0.15) is 0 Å². The molecule has 2 aromatic rings. The summed E-state index contributed by atoms with van der Waals surface area (Å²) in [5.41, 5.74) is 0.972. The van der Waals surface area contributed by atoms with E-state index in [-0.39, 0.29) is 18.1 Å². The minimum absolute atomic E-state index is 0.0335. The van der Waals surface area contributed by atoms with Gasteiger partial charge in [0.2, 0.25) is 5.91 Å². The molecule has 4 nitrogen and oxygen atoms in total. The highest BCUT2D eigenvalue weighted by molar-refractivity contribution is 8.00. The number of aliphatic hydroxyl groups excluding tert-OH is 1. The molecule has 0 bridgehead atoms. The van der Waals surface area contributed by atoms with Crippen molar-refractivity contribution in [3.05, 3.63) is 60.4 Å². The van der Waals surface area contributed by atoms with E-state index in [9.17, 15) is 9.90 Å². The topological polar surface area (TPSA) is 62.2 Å². The zero-order chi connectivity index (χ0) is 16.8. The molecule has 1 aliphatic carbocycles. The molecule has 1 atom stereocenters. The minimum atomic E-state index is -0.225. The zero-order valence-electron chi connectivity index (χ0n) is 13.5. The van der Waals surface area contributed by atoms with Crippen molar-refractivity contribution in [3.63, 3.8) is 0 Å². The Morgan fingerprint density at radius 2 is 1.96 bits per heavy atom. The Bertz CT molecular complexity index is 645. The third kappa shape index (κ3) is 4.82. The number of amides is 1. The molecule has 1 heterocycles. The number of aromatic nitrogens is 1. The van der Waals surface area contributed by atoms with E-state index in [4.69, 9.17) is 0 Å². The fourth-order valence-corrected chi connectivity index (χ4v) is 3.68. The molecule has 0 saturated heterocycles. The summed E-state index contributed by atoms with van der Waals surface area (Å²) in [4.78, 5) is 17.8. The van der Waals surface area contributed by atoms with Crippen molar-refractivity contribution in [2.45, 2.75) is 36.3 Å². The Balaban J connectivity index is 1.55. The molecule has 1 aliphatic rings. The number of hydrogen-bond donors (Lipinski definition) is 2. The summed E-state index contributed by atoms with van der Waals surface area (Å²) in [6.45, 7) is 0. The van der Waals surface area contributed by atoms with Crippen molar-refractivity contribution >= 4 is 17.7 Å². The van der Waals surface area contributed by atoms with Gasteiger partial charge in [0.25, 0.3) is 0 Å². The van der Waals surface area contributed by atoms with Crippen LogP contribution < -0.4 is 5.32 Å². The summed E-state index contributed by atoms with van der Waals surface area (Å²) < 4.78 is 0. The zero-order valence-corrected chi connectivity index (χ0v) is 14.3. The first-order chi connectivity index (χ1) is 11.7. The number of aliphatic hydroxyl groups is 1. The number of nitrogens with zero attached hydrogens (tertiary/aromatic N) is 1. The van der Waals surface area contributed by atoms with Crippen molar-refractivity contribution in [1.29, 1.82) is 0 Å². The van der Waals surface area contributed by atoms with E-state index in [0.717, 1.165) is 23.4 Å². The third-order valence-corrected chi connectivity index (χ3v) is 5.35. The average Bonchev–Trinajstić information content (AvgIpc) is 2.58. The van der Waals surface area contributed by atoms with Gasteiger partial charge in [0, 0.05) is 29.2 Å². The second-order valence-electron chi connectivity index (χ2n) is 6.19. The molecular formula is C19H22N2O2S. The second-order valence-corrected chi connectivity index (χ2v) is 7.23. The molecule has 1 amide bonds. The van der Waals surface area contributed by atoms with Crippen LogP contribution in [0.4, 0.5) is 0 Å². The van der Waals surface area contributed by atoms with E-state index < -0.39 is 0 Å². The fourth-order valence-electron chi connectivity index (χ4n) is 2.95. The van der Waals surface area contributed by atoms with Crippen LogP contribution in [-0.2, 0) is 11.2 Å². The van der Waals surface area contributed by atoms with Crippen LogP contribution in [0.3, 0.4) is 0 Å². The Kier molecular flexibility index (Phi) is 5.88. The van der Waals surface area contributed by atoms with Crippen LogP contribution >= 0.6 is 11.8 Å². The summed E-state index contributed by atoms with van der Waals surface area (Å²) in [6.07, 6.45) is 3.76. The third-order valence-electron chi connectivity index (χ3n) is 4.33. The van der Waals surface area contributed by atoms with E-state index >= 15 is 0 Å². The molecule has 2 N–H and O–H groups in total. The Morgan fingerprint density at radius 1 is 1.21 bits per heavy atom. The molecule has 1 aromatic carbocycles. The van der Waals surface area contributed by atoms with Gasteiger partial charge in [-0.25, -0.2) is 0 Å². The molecule has 126 valence electrons. The second kappa shape index (κ2) is 8.31. The molecule has 1 saturated carbocycles. The van der Waals surface area contributed by atoms with Gasteiger partial charge < -0.3 is 10.4 Å². The number of nitrogens with one attached hydrogen (secondary N) is 1. The van der Waals surface area contributed by atoms with Crippen LogP contribution in [0.1, 0.15) is 18.5 Å². The minimum Gasteiger partial charge on any atom is -0.393 e. The summed E-state index contributed by atoms with van der Waals surface area (Å²) in [5.74, 6) is 0.761. The van der Waals surface area contributed by atoms with E-state index in [2.05, 4.69) is 10.3 Å². The number of benzene rings is 1. The maximum atomic E-state index is 12.3. The molecule has 0 radical (unpaired) electrons. The van der Waals surface area contributed by atoms with E-state index in [1.807, 2.05) is 48.5 Å². The Hall–Kier alpha value is -1.85. The van der Waals surface area contributed by atoms with E-state index in [1.165, 1.54) is 11.8 Å². The van der Waals surface area contributed by atoms with E-state index in [0.29, 0.717) is 18.1 Å². The highest BCUT2D eigenvalue weighted by Crippen LogP contribution is 2.31. The standard InChI is InChI=1S/C19H22N2O2S/c22-16-10-14(11-16)18(12-15-6-4-5-9-20-15)21-19(23)13-24-17-7-2-1-3-8-17/h1-9,14,16,18,22H,10-13H2,(H,21,23)/t14?,16?,18-/m0/s1. The largest absolute Gasteiger partial charge is 0.393 e. The molecule has 0 spiro atoms. The first-order valence-corrected chi connectivity index (χ1v) is 9.24. The van der Waals surface area contributed by atoms with Crippen molar-refractivity contribution in [1.82, 2.24) is 10.3 Å². The maximum absolute atomic E-state index is 12.3. The Labute approximate surface area is 146 Å². The van der Waals surface area contributed by atoms with Crippen LogP contribution in [0, 0.1) is 5.92 Å². The normalized spacial score (nSPS) is 20.9. The van der Waals surface area contributed by atoms with Crippen molar-refractivity contribution in [2.24, 2.45) is 5.92 Å². The SMILES string of the molecule is O=C(CSc1ccccc1)N[C@@H](Cc1ccccn1)C1CC(O)C1. The number of rotatable bonds is 7. The molecule has 0 unspecified atom stereocenters. The predicted octanol–water partition coefficient (Wildman–Crippen LogP) is 2.67. The molecule has 3 rings (SSSR count). The quantitative estimate of drug-likeness (QED) is 0.760. The summed E-state index contributed by atoms with van der Waals surface area (Å²) in [5, 5.41) is 12.7. The molecule has 0 aliphatic heterocycles. The molecule has 1 aromatic heterocycles. The highest BCUT2D eigenvalue weighted by Gasteiger charge is 2.34. The van der Waals surface area contributed by atoms with Gasteiger partial charge in [0.05, 0.1) is 11.9 Å². The predicted molar refractivity (Wildman–Crippen MR) is 95.8 cm³/mol. The van der Waals surface area contributed by atoms with Gasteiger partial charge in [-0.15, -0.1) is 11.8 Å².